The van der Waals surface area contributed by atoms with Crippen LogP contribution in [0.1, 0.15) is 5.56 Å². The van der Waals surface area contributed by atoms with Crippen LogP contribution in [0.4, 0.5) is 0 Å². The van der Waals surface area contributed by atoms with Gasteiger partial charge in [-0.25, -0.2) is 16.8 Å². The Kier molecular flexibility index (Phi) is 4.51. The van der Waals surface area contributed by atoms with Gasteiger partial charge in [0.05, 0.1) is 16.9 Å². The van der Waals surface area contributed by atoms with Gasteiger partial charge in [-0.1, -0.05) is 17.7 Å². The summed E-state index contributed by atoms with van der Waals surface area (Å²) in [6, 6.07) is 9.78. The van der Waals surface area contributed by atoms with Crippen molar-refractivity contribution in [2.45, 2.75) is 21.6 Å². The molecule has 0 aromatic heterocycles. The van der Waals surface area contributed by atoms with Crippen LogP contribution in [0, 0.1) is 6.92 Å². The molecule has 8 heteroatoms. The van der Waals surface area contributed by atoms with Gasteiger partial charge in [0.15, 0.2) is 0 Å². The standard InChI is InChI=1S/C14H13ClO5S2/c1-10-3-5-11(6-4-10)21(16,17)12-7-8-13(20-2)14(9-12)22(15,18)19/h3-9H,1-2H3. The summed E-state index contributed by atoms with van der Waals surface area (Å²) in [4.78, 5) is -0.484. The van der Waals surface area contributed by atoms with Crippen molar-refractivity contribution in [3.05, 3.63) is 48.0 Å². The molecule has 0 radical (unpaired) electrons. The summed E-state index contributed by atoms with van der Waals surface area (Å²) < 4.78 is 53.1. The molecule has 0 bridgehead atoms. The Hall–Kier alpha value is -1.57. The summed E-state index contributed by atoms with van der Waals surface area (Å²) >= 11 is 0. The zero-order valence-corrected chi connectivity index (χ0v) is 14.2. The summed E-state index contributed by atoms with van der Waals surface area (Å²) in [5.74, 6) is -0.0159. The fraction of sp³-hybridized carbons (Fsp3) is 0.143. The Balaban J connectivity index is 2.65. The van der Waals surface area contributed by atoms with Crippen molar-refractivity contribution in [2.24, 2.45) is 0 Å². The zero-order valence-electron chi connectivity index (χ0n) is 11.8. The van der Waals surface area contributed by atoms with Gasteiger partial charge in [0.2, 0.25) is 9.84 Å². The Labute approximate surface area is 133 Å². The summed E-state index contributed by atoms with van der Waals surface area (Å²) in [5.41, 5.74) is 0.915. The van der Waals surface area contributed by atoms with E-state index in [2.05, 4.69) is 0 Å². The second-order valence-electron chi connectivity index (χ2n) is 4.57. The van der Waals surface area contributed by atoms with Gasteiger partial charge in [-0.05, 0) is 37.3 Å². The molecule has 2 rings (SSSR count). The molecule has 0 aliphatic heterocycles. The quantitative estimate of drug-likeness (QED) is 0.783. The number of rotatable bonds is 4. The van der Waals surface area contributed by atoms with E-state index in [1.807, 2.05) is 6.92 Å². The lowest BCUT2D eigenvalue weighted by atomic mass is 10.2. The number of sulfone groups is 1. The summed E-state index contributed by atoms with van der Waals surface area (Å²) in [6.45, 7) is 1.84. The van der Waals surface area contributed by atoms with E-state index in [0.717, 1.165) is 11.6 Å². The van der Waals surface area contributed by atoms with Crippen LogP contribution in [0.2, 0.25) is 0 Å². The highest BCUT2D eigenvalue weighted by Crippen LogP contribution is 2.31. The Morgan fingerprint density at radius 1 is 0.909 bits per heavy atom. The molecule has 0 unspecified atom stereocenters. The number of benzene rings is 2. The maximum absolute atomic E-state index is 12.5. The lowest BCUT2D eigenvalue weighted by Crippen LogP contribution is -2.04. The van der Waals surface area contributed by atoms with E-state index in [1.54, 1.807) is 12.1 Å². The number of hydrogen-bond donors (Lipinski definition) is 0. The molecular weight excluding hydrogens is 348 g/mol. The highest BCUT2D eigenvalue weighted by Gasteiger charge is 2.23. The molecule has 0 N–H and O–H groups in total. The largest absolute Gasteiger partial charge is 0.495 e. The van der Waals surface area contributed by atoms with Crippen molar-refractivity contribution in [2.75, 3.05) is 7.11 Å². The lowest BCUT2D eigenvalue weighted by Gasteiger charge is -2.09. The molecule has 0 amide bonds. The molecule has 5 nitrogen and oxygen atoms in total. The van der Waals surface area contributed by atoms with Crippen molar-refractivity contribution in [3.8, 4) is 5.75 Å². The van der Waals surface area contributed by atoms with Crippen LogP contribution >= 0.6 is 10.7 Å². The minimum atomic E-state index is -4.13. The van der Waals surface area contributed by atoms with Crippen LogP contribution in [-0.4, -0.2) is 23.9 Å². The predicted octanol–water partition coefficient (Wildman–Crippen LogP) is 2.76. The van der Waals surface area contributed by atoms with Crippen molar-refractivity contribution < 1.29 is 21.6 Å². The zero-order chi connectivity index (χ0) is 16.5. The number of methoxy groups -OCH3 is 1. The Morgan fingerprint density at radius 2 is 1.45 bits per heavy atom. The second kappa shape index (κ2) is 5.91. The Bertz CT molecular complexity index is 901. The van der Waals surface area contributed by atoms with Gasteiger partial charge in [-0.15, -0.1) is 0 Å². The maximum Gasteiger partial charge on any atom is 0.265 e. The van der Waals surface area contributed by atoms with Crippen molar-refractivity contribution in [1.82, 2.24) is 0 Å². The fourth-order valence-corrected chi connectivity index (χ4v) is 4.25. The van der Waals surface area contributed by atoms with Gasteiger partial charge in [0.25, 0.3) is 9.05 Å². The van der Waals surface area contributed by atoms with E-state index in [1.165, 1.54) is 31.4 Å². The monoisotopic (exact) mass is 360 g/mol. The van der Waals surface area contributed by atoms with Crippen LogP contribution in [-0.2, 0) is 18.9 Å². The van der Waals surface area contributed by atoms with E-state index in [-0.39, 0.29) is 20.4 Å². The molecule has 0 heterocycles. The average molecular weight is 361 g/mol. The maximum atomic E-state index is 12.5. The minimum absolute atomic E-state index is 0.0159. The third-order valence-corrected chi connectivity index (χ3v) is 6.15. The molecular formula is C14H13ClO5S2. The van der Waals surface area contributed by atoms with Gasteiger partial charge in [-0.3, -0.25) is 0 Å². The average Bonchev–Trinajstić information content (AvgIpc) is 2.46. The fourth-order valence-electron chi connectivity index (χ4n) is 1.87. The van der Waals surface area contributed by atoms with Crippen molar-refractivity contribution >= 4 is 29.6 Å². The second-order valence-corrected chi connectivity index (χ2v) is 9.05. The van der Waals surface area contributed by atoms with Crippen molar-refractivity contribution in [1.29, 1.82) is 0 Å². The molecule has 2 aromatic rings. The summed E-state index contributed by atoms with van der Waals surface area (Å²) in [6.07, 6.45) is 0. The molecule has 0 fully saturated rings. The van der Waals surface area contributed by atoms with E-state index < -0.39 is 18.9 Å². The summed E-state index contributed by atoms with van der Waals surface area (Å²) in [7, 11) is -1.38. The lowest BCUT2D eigenvalue weighted by molar-refractivity contribution is 0.402. The van der Waals surface area contributed by atoms with Crippen LogP contribution in [0.3, 0.4) is 0 Å². The molecule has 2 aromatic carbocycles. The number of halogens is 1. The van der Waals surface area contributed by atoms with Crippen LogP contribution in [0.15, 0.2) is 57.2 Å². The highest BCUT2D eigenvalue weighted by molar-refractivity contribution is 8.13. The summed E-state index contributed by atoms with van der Waals surface area (Å²) in [5, 5.41) is 0. The van der Waals surface area contributed by atoms with Gasteiger partial charge in [0.1, 0.15) is 10.6 Å². The smallest absolute Gasteiger partial charge is 0.265 e. The van der Waals surface area contributed by atoms with Gasteiger partial charge >= 0.3 is 0 Å². The first-order valence-electron chi connectivity index (χ1n) is 6.11. The third kappa shape index (κ3) is 3.26. The third-order valence-electron chi connectivity index (χ3n) is 3.04. The van der Waals surface area contributed by atoms with Gasteiger partial charge < -0.3 is 4.74 Å². The van der Waals surface area contributed by atoms with Crippen molar-refractivity contribution in [3.63, 3.8) is 0 Å². The van der Waals surface area contributed by atoms with Crippen LogP contribution in [0.5, 0.6) is 5.75 Å². The van der Waals surface area contributed by atoms with Gasteiger partial charge in [-0.2, -0.15) is 0 Å². The first-order valence-corrected chi connectivity index (χ1v) is 9.90. The molecule has 0 saturated heterocycles. The number of aryl methyl sites for hydroxylation is 1. The first kappa shape index (κ1) is 16.8. The number of ether oxygens (including phenoxy) is 1. The molecule has 0 aliphatic rings. The molecule has 0 aliphatic carbocycles. The topological polar surface area (TPSA) is 77.5 Å². The van der Waals surface area contributed by atoms with E-state index in [0.29, 0.717) is 0 Å². The molecule has 0 spiro atoms. The molecule has 118 valence electrons. The van der Waals surface area contributed by atoms with E-state index >= 15 is 0 Å². The number of hydrogen-bond acceptors (Lipinski definition) is 5. The van der Waals surface area contributed by atoms with E-state index in [4.69, 9.17) is 15.4 Å². The van der Waals surface area contributed by atoms with E-state index in [9.17, 15) is 16.8 Å². The van der Waals surface area contributed by atoms with Crippen LogP contribution in [0.25, 0.3) is 0 Å². The normalized spacial score (nSPS) is 12.1. The SMILES string of the molecule is COc1ccc(S(=O)(=O)c2ccc(C)cc2)cc1S(=O)(=O)Cl. The first-order chi connectivity index (χ1) is 10.2. The highest BCUT2D eigenvalue weighted by atomic mass is 35.7. The molecule has 0 saturated carbocycles. The van der Waals surface area contributed by atoms with Crippen LogP contribution < -0.4 is 4.74 Å². The predicted molar refractivity (Wildman–Crippen MR) is 82.7 cm³/mol. The van der Waals surface area contributed by atoms with Gasteiger partial charge in [0, 0.05) is 10.7 Å². The molecule has 22 heavy (non-hydrogen) atoms. The Morgan fingerprint density at radius 3 is 1.95 bits per heavy atom. The minimum Gasteiger partial charge on any atom is -0.495 e. The molecule has 0 atom stereocenters.